The third-order valence-corrected chi connectivity index (χ3v) is 14.3. The maximum Gasteiger partial charge on any atom is 0.409 e. The predicted octanol–water partition coefficient (Wildman–Crippen LogP) is 4.74. The summed E-state index contributed by atoms with van der Waals surface area (Å²) in [4.78, 5) is 106. The van der Waals surface area contributed by atoms with Gasteiger partial charge in [0.25, 0.3) is 0 Å². The molecule has 6 amide bonds. The van der Waals surface area contributed by atoms with Gasteiger partial charge in [0, 0.05) is 57.2 Å². The number of anilines is 1. The van der Waals surface area contributed by atoms with E-state index in [2.05, 4.69) is 16.0 Å². The number of carbonyl (C=O) groups is 8. The molecule has 8 N–H and O–H groups in total. The maximum absolute atomic E-state index is 14.6. The van der Waals surface area contributed by atoms with E-state index < -0.39 is 83.5 Å². The average Bonchev–Trinajstić information content (AvgIpc) is 3.53. The van der Waals surface area contributed by atoms with Crippen LogP contribution in [0.15, 0.2) is 48.1 Å². The second kappa shape index (κ2) is 25.2. The SMILES string of the molecule is CCC(=O)O[C@]1(C(=O)COC(=O)N(C)CCN(C)C(=O)OCc2ccc(NC(=O)[C@H](CCCNC(N)=O)NC(=O)[C@@H](N)C(C)C)cc2)[C@H](C)C[C@H]2C(CCC3=CC(=O)C=CC3)C(CC)[C@@H](O)C[C@@]21C. The van der Waals surface area contributed by atoms with Gasteiger partial charge in [-0.05, 0) is 98.5 Å². The fourth-order valence-corrected chi connectivity index (χ4v) is 10.4. The lowest BCUT2D eigenvalue weighted by Gasteiger charge is -2.54. The highest BCUT2D eigenvalue weighted by Gasteiger charge is 2.71. The summed E-state index contributed by atoms with van der Waals surface area (Å²) in [5, 5.41) is 19.6. The average molecular weight is 966 g/mol. The fraction of sp³-hybridized carbons (Fsp3) is 0.640. The van der Waals surface area contributed by atoms with E-state index in [4.69, 9.17) is 25.7 Å². The van der Waals surface area contributed by atoms with Crippen LogP contribution in [0.2, 0.25) is 0 Å². The molecule has 0 radical (unpaired) electrons. The first-order valence-electron chi connectivity index (χ1n) is 24.2. The number of nitrogens with one attached hydrogen (secondary N) is 3. The number of ether oxygens (including phenoxy) is 3. The Labute approximate surface area is 405 Å². The zero-order chi connectivity index (χ0) is 51.2. The number of ketones is 2. The van der Waals surface area contributed by atoms with Gasteiger partial charge >= 0.3 is 24.2 Å². The number of amides is 6. The second-order valence-corrected chi connectivity index (χ2v) is 19.4. The normalized spacial score (nSPS) is 24.8. The number of nitrogens with two attached hydrogens (primary N) is 2. The van der Waals surface area contributed by atoms with E-state index in [1.807, 2.05) is 26.8 Å². The lowest BCUT2D eigenvalue weighted by atomic mass is 9.53. The quantitative estimate of drug-likeness (QED) is 0.0492. The fourth-order valence-electron chi connectivity index (χ4n) is 10.4. The summed E-state index contributed by atoms with van der Waals surface area (Å²) in [5.41, 5.74) is 10.5. The molecule has 69 heavy (non-hydrogen) atoms. The molecule has 9 atom stereocenters. The molecule has 0 heterocycles. The summed E-state index contributed by atoms with van der Waals surface area (Å²) in [6.45, 7) is 10.6. The molecule has 0 spiro atoms. The van der Waals surface area contributed by atoms with Gasteiger partial charge in [0.1, 0.15) is 12.6 Å². The number of hydrogen-bond donors (Lipinski definition) is 6. The monoisotopic (exact) mass is 966 g/mol. The van der Waals surface area contributed by atoms with Gasteiger partial charge in [0.05, 0.1) is 12.1 Å². The van der Waals surface area contributed by atoms with Crippen LogP contribution in [0.1, 0.15) is 105 Å². The summed E-state index contributed by atoms with van der Waals surface area (Å²) < 4.78 is 17.3. The van der Waals surface area contributed by atoms with Gasteiger partial charge in [-0.3, -0.25) is 24.0 Å². The molecule has 3 aliphatic carbocycles. The van der Waals surface area contributed by atoms with Gasteiger partial charge in [0.15, 0.2) is 18.0 Å². The number of carbonyl (C=O) groups excluding carboxylic acids is 8. The van der Waals surface area contributed by atoms with E-state index in [9.17, 15) is 43.5 Å². The van der Waals surface area contributed by atoms with Gasteiger partial charge < -0.3 is 56.5 Å². The summed E-state index contributed by atoms with van der Waals surface area (Å²) in [6.07, 6.45) is 6.94. The molecule has 2 saturated carbocycles. The number of urea groups is 1. The molecule has 19 nitrogen and oxygen atoms in total. The molecule has 1 aromatic carbocycles. The van der Waals surface area contributed by atoms with Crippen LogP contribution in [-0.4, -0.2) is 127 Å². The number of Topliss-reactive ketones (excluding diaryl/α,β-unsaturated/α-hetero) is 1. The standard InChI is InChI=1S/C50H75N7O12/c1-9-36-37(21-18-32-13-11-14-35(58)26-32)38-25-31(5)50(69-42(61)10-2,49(38,6)27-40(36)59)41(60)29-68-48(66)57(8)24-23-56(7)47(65)67-28-33-16-19-34(20-17-33)54-44(62)39(15-12-22-53-46(52)64)55-45(63)43(51)30(3)4/h11,14,16-17,19-20,26,30-31,36-40,43,59H,9-10,12-13,15,18,21-25,27-29,51H2,1-8H3,(H,54,62)(H,55,63)(H3,52,53,64)/t31-,36?,37?,38+,39+,40+,43+,49+,50+/m1/s1. The first kappa shape index (κ1) is 55.8. The third kappa shape index (κ3) is 14.1. The predicted molar refractivity (Wildman–Crippen MR) is 257 cm³/mol. The van der Waals surface area contributed by atoms with Crippen molar-refractivity contribution < 1.29 is 57.7 Å². The van der Waals surface area contributed by atoms with Crippen molar-refractivity contribution >= 4 is 53.3 Å². The van der Waals surface area contributed by atoms with Gasteiger partial charge in [-0.1, -0.05) is 71.7 Å². The molecule has 382 valence electrons. The van der Waals surface area contributed by atoms with E-state index in [1.165, 1.54) is 23.9 Å². The molecule has 0 bridgehead atoms. The number of esters is 1. The molecule has 19 heteroatoms. The number of hydrogen-bond acceptors (Lipinski definition) is 13. The van der Waals surface area contributed by atoms with Gasteiger partial charge in [0.2, 0.25) is 17.6 Å². The third-order valence-electron chi connectivity index (χ3n) is 14.3. The number of aliphatic hydroxyl groups is 1. The Balaban J connectivity index is 1.31. The van der Waals surface area contributed by atoms with Crippen LogP contribution >= 0.6 is 0 Å². The van der Waals surface area contributed by atoms with Crippen LogP contribution in [0.4, 0.5) is 20.1 Å². The topological polar surface area (TPSA) is 279 Å². The number of nitrogens with zero attached hydrogens (tertiary/aromatic N) is 2. The Kier molecular flexibility index (Phi) is 20.3. The largest absolute Gasteiger partial charge is 0.450 e. The molecule has 2 fully saturated rings. The van der Waals surface area contributed by atoms with Crippen molar-refractivity contribution in [1.82, 2.24) is 20.4 Å². The lowest BCUT2D eigenvalue weighted by Crippen LogP contribution is -2.62. The van der Waals surface area contributed by atoms with Crippen LogP contribution in [0.3, 0.4) is 0 Å². The van der Waals surface area contributed by atoms with Crippen molar-refractivity contribution in [3.8, 4) is 0 Å². The molecule has 0 aliphatic heterocycles. The number of fused-ring (bicyclic) bond motifs is 1. The zero-order valence-electron chi connectivity index (χ0n) is 41.5. The van der Waals surface area contributed by atoms with E-state index in [-0.39, 0.29) is 75.0 Å². The van der Waals surface area contributed by atoms with Crippen molar-refractivity contribution in [2.24, 2.45) is 46.5 Å². The highest BCUT2D eigenvalue weighted by Crippen LogP contribution is 2.65. The maximum atomic E-state index is 14.6. The van der Waals surface area contributed by atoms with Crippen molar-refractivity contribution in [3.63, 3.8) is 0 Å². The smallest absolute Gasteiger partial charge is 0.409 e. The van der Waals surface area contributed by atoms with Crippen molar-refractivity contribution in [3.05, 3.63) is 53.6 Å². The number of allylic oxidation sites excluding steroid dienone is 4. The number of rotatable bonds is 23. The Hall–Kier alpha value is -5.82. The zero-order valence-corrected chi connectivity index (χ0v) is 41.5. The van der Waals surface area contributed by atoms with Crippen LogP contribution in [0.25, 0.3) is 0 Å². The summed E-state index contributed by atoms with van der Waals surface area (Å²) in [5.74, 6) is -2.93. The van der Waals surface area contributed by atoms with Gasteiger partial charge in [-0.15, -0.1) is 0 Å². The number of benzene rings is 1. The van der Waals surface area contributed by atoms with Crippen molar-refractivity contribution in [1.29, 1.82) is 0 Å². The molecular formula is C50H75N7O12. The Morgan fingerprint density at radius 3 is 2.20 bits per heavy atom. The number of likely N-dealkylation sites (N-methyl/N-ethyl adjacent to an activating group) is 2. The van der Waals surface area contributed by atoms with Crippen molar-refractivity contribution in [2.75, 3.05) is 45.7 Å². The molecule has 0 aromatic heterocycles. The molecule has 4 rings (SSSR count). The Bertz CT molecular complexity index is 2080. The van der Waals surface area contributed by atoms with Gasteiger partial charge in [-0.25, -0.2) is 14.4 Å². The van der Waals surface area contributed by atoms with Crippen LogP contribution in [-0.2, 0) is 44.8 Å². The van der Waals surface area contributed by atoms with E-state index in [1.54, 1.807) is 57.2 Å². The summed E-state index contributed by atoms with van der Waals surface area (Å²) in [7, 11) is 2.96. The first-order chi connectivity index (χ1) is 32.6. The van der Waals surface area contributed by atoms with Crippen LogP contribution in [0.5, 0.6) is 0 Å². The van der Waals surface area contributed by atoms with E-state index in [0.717, 1.165) is 12.0 Å². The number of primary amides is 1. The molecule has 3 aliphatic rings. The van der Waals surface area contributed by atoms with Gasteiger partial charge in [-0.2, -0.15) is 0 Å². The van der Waals surface area contributed by atoms with E-state index >= 15 is 0 Å². The minimum Gasteiger partial charge on any atom is -0.450 e. The minimum absolute atomic E-state index is 0.0197. The molecule has 2 unspecified atom stereocenters. The Morgan fingerprint density at radius 2 is 1.61 bits per heavy atom. The van der Waals surface area contributed by atoms with Crippen LogP contribution < -0.4 is 27.4 Å². The molecule has 0 saturated heterocycles. The molecule has 1 aromatic rings. The first-order valence-corrected chi connectivity index (χ1v) is 24.2. The van der Waals surface area contributed by atoms with E-state index in [0.29, 0.717) is 43.4 Å². The minimum atomic E-state index is -1.67. The summed E-state index contributed by atoms with van der Waals surface area (Å²) >= 11 is 0. The highest BCUT2D eigenvalue weighted by atomic mass is 16.6. The van der Waals surface area contributed by atoms with Crippen molar-refractivity contribution in [2.45, 2.75) is 130 Å². The van der Waals surface area contributed by atoms with Crippen LogP contribution in [0, 0.1) is 35.0 Å². The lowest BCUT2D eigenvalue weighted by molar-refractivity contribution is -0.201. The molecular weight excluding hydrogens is 891 g/mol. The Morgan fingerprint density at radius 1 is 0.957 bits per heavy atom. The number of aliphatic hydroxyl groups excluding tert-OH is 1. The highest BCUT2D eigenvalue weighted by molar-refractivity contribution is 6.00. The second-order valence-electron chi connectivity index (χ2n) is 19.4. The summed E-state index contributed by atoms with van der Waals surface area (Å²) in [6, 6.07) is 4.07.